The van der Waals surface area contributed by atoms with Gasteiger partial charge in [0.1, 0.15) is 0 Å². The number of anilines is 1. The Hall–Kier alpha value is -1.03. The Morgan fingerprint density at radius 2 is 1.93 bits per heavy atom. The monoisotopic (exact) mass is 268 g/mol. The minimum Gasteiger partial charge on any atom is -0.325 e. The summed E-state index contributed by atoms with van der Waals surface area (Å²) in [5, 5.41) is 0. The highest BCUT2D eigenvalue weighted by molar-refractivity contribution is 9.10. The van der Waals surface area contributed by atoms with Gasteiger partial charge in [-0.05, 0) is 31.2 Å². The van der Waals surface area contributed by atoms with Crippen molar-refractivity contribution in [1.82, 2.24) is 4.90 Å². The van der Waals surface area contributed by atoms with Crippen molar-refractivity contribution in [1.29, 1.82) is 0 Å². The summed E-state index contributed by atoms with van der Waals surface area (Å²) in [5.74, 6) is 0. The Morgan fingerprint density at radius 1 is 1.33 bits per heavy atom. The van der Waals surface area contributed by atoms with Crippen molar-refractivity contribution < 1.29 is 4.79 Å². The molecule has 0 aromatic heterocycles. The third-order valence-electron chi connectivity index (χ3n) is 2.62. The van der Waals surface area contributed by atoms with E-state index in [4.69, 9.17) is 0 Å². The molecule has 2 rings (SSSR count). The van der Waals surface area contributed by atoms with Crippen molar-refractivity contribution in [2.75, 3.05) is 18.5 Å². The van der Waals surface area contributed by atoms with Gasteiger partial charge in [0.25, 0.3) is 0 Å². The molecule has 0 unspecified atom stereocenters. The van der Waals surface area contributed by atoms with E-state index < -0.39 is 0 Å². The third kappa shape index (κ3) is 1.86. The van der Waals surface area contributed by atoms with Gasteiger partial charge in [0.15, 0.2) is 0 Å². The third-order valence-corrected chi connectivity index (χ3v) is 3.14. The van der Waals surface area contributed by atoms with Crippen LogP contribution in [0.2, 0.25) is 0 Å². The predicted molar refractivity (Wildman–Crippen MR) is 64.1 cm³/mol. The zero-order valence-corrected chi connectivity index (χ0v) is 10.4. The smallest absolute Gasteiger partial charge is 0.324 e. The van der Waals surface area contributed by atoms with Gasteiger partial charge in [0.05, 0.1) is 6.04 Å². The van der Waals surface area contributed by atoms with Crippen molar-refractivity contribution in [2.24, 2.45) is 0 Å². The summed E-state index contributed by atoms with van der Waals surface area (Å²) in [6.45, 7) is 2.85. The normalized spacial score (nSPS) is 21.3. The number of hydrogen-bond donors (Lipinski definition) is 0. The Morgan fingerprint density at radius 3 is 2.40 bits per heavy atom. The van der Waals surface area contributed by atoms with Crippen LogP contribution in [0.3, 0.4) is 0 Å². The second kappa shape index (κ2) is 3.85. The summed E-state index contributed by atoms with van der Waals surface area (Å²) in [6.07, 6.45) is 0. The SMILES string of the molecule is C[C@H]1CN(C)C(=O)N1c1ccc(Br)cc1. The highest BCUT2D eigenvalue weighted by atomic mass is 79.9. The molecule has 0 aliphatic carbocycles. The van der Waals surface area contributed by atoms with Gasteiger partial charge in [-0.3, -0.25) is 4.90 Å². The number of benzene rings is 1. The van der Waals surface area contributed by atoms with Crippen LogP contribution in [-0.4, -0.2) is 30.6 Å². The van der Waals surface area contributed by atoms with Crippen LogP contribution < -0.4 is 4.90 Å². The second-order valence-corrected chi connectivity index (χ2v) is 4.77. The number of rotatable bonds is 1. The van der Waals surface area contributed by atoms with Gasteiger partial charge < -0.3 is 4.90 Å². The van der Waals surface area contributed by atoms with Crippen LogP contribution in [0, 0.1) is 0 Å². The standard InChI is InChI=1S/C11H13BrN2O/c1-8-7-13(2)11(15)14(8)10-5-3-9(12)4-6-10/h3-6,8H,7H2,1-2H3/t8-/m0/s1. The number of nitrogens with zero attached hydrogens (tertiary/aromatic N) is 2. The molecule has 0 spiro atoms. The van der Waals surface area contributed by atoms with E-state index in [9.17, 15) is 4.79 Å². The molecule has 4 heteroatoms. The highest BCUT2D eigenvalue weighted by Gasteiger charge is 2.32. The molecule has 1 heterocycles. The lowest BCUT2D eigenvalue weighted by Crippen LogP contribution is -2.32. The number of amides is 2. The number of urea groups is 1. The number of hydrogen-bond acceptors (Lipinski definition) is 1. The number of likely N-dealkylation sites (N-methyl/N-ethyl adjacent to an activating group) is 1. The molecule has 2 amide bonds. The summed E-state index contributed by atoms with van der Waals surface area (Å²) in [5.41, 5.74) is 0.958. The Kier molecular flexibility index (Phi) is 2.69. The second-order valence-electron chi connectivity index (χ2n) is 3.86. The van der Waals surface area contributed by atoms with Crippen LogP contribution in [0.25, 0.3) is 0 Å². The first-order valence-corrected chi connectivity index (χ1v) is 5.69. The van der Waals surface area contributed by atoms with Gasteiger partial charge in [-0.2, -0.15) is 0 Å². The summed E-state index contributed by atoms with van der Waals surface area (Å²) in [7, 11) is 1.83. The van der Waals surface area contributed by atoms with E-state index in [2.05, 4.69) is 22.9 Å². The van der Waals surface area contributed by atoms with E-state index in [1.54, 1.807) is 4.90 Å². The van der Waals surface area contributed by atoms with Crippen LogP contribution in [0.5, 0.6) is 0 Å². The largest absolute Gasteiger partial charge is 0.325 e. The number of carbonyl (C=O) groups excluding carboxylic acids is 1. The maximum atomic E-state index is 11.8. The predicted octanol–water partition coefficient (Wildman–Crippen LogP) is 2.71. The van der Waals surface area contributed by atoms with Gasteiger partial charge >= 0.3 is 6.03 Å². The minimum absolute atomic E-state index is 0.0739. The molecule has 1 fully saturated rings. The molecule has 1 saturated heterocycles. The number of halogens is 1. The Bertz CT molecular complexity index is 377. The fraction of sp³-hybridized carbons (Fsp3) is 0.364. The van der Waals surface area contributed by atoms with E-state index in [0.717, 1.165) is 16.7 Å². The first-order valence-electron chi connectivity index (χ1n) is 4.89. The summed E-state index contributed by atoms with van der Waals surface area (Å²) < 4.78 is 1.03. The zero-order chi connectivity index (χ0) is 11.0. The van der Waals surface area contributed by atoms with Gasteiger partial charge in [-0.25, -0.2) is 4.79 Å². The van der Waals surface area contributed by atoms with Crippen molar-refractivity contribution in [3.63, 3.8) is 0 Å². The molecule has 80 valence electrons. The molecule has 1 aromatic carbocycles. The van der Waals surface area contributed by atoms with Crippen molar-refractivity contribution in [3.05, 3.63) is 28.7 Å². The lowest BCUT2D eigenvalue weighted by molar-refractivity contribution is 0.229. The van der Waals surface area contributed by atoms with E-state index in [-0.39, 0.29) is 12.1 Å². The molecule has 0 bridgehead atoms. The van der Waals surface area contributed by atoms with E-state index >= 15 is 0 Å². The lowest BCUT2D eigenvalue weighted by atomic mass is 10.2. The molecule has 1 aliphatic heterocycles. The Labute approximate surface area is 97.8 Å². The summed E-state index contributed by atoms with van der Waals surface area (Å²) >= 11 is 3.38. The summed E-state index contributed by atoms with van der Waals surface area (Å²) in [6, 6.07) is 8.13. The molecular weight excluding hydrogens is 256 g/mol. The van der Waals surface area contributed by atoms with E-state index in [1.165, 1.54) is 0 Å². The molecule has 0 N–H and O–H groups in total. The van der Waals surface area contributed by atoms with Crippen LogP contribution in [-0.2, 0) is 0 Å². The molecule has 15 heavy (non-hydrogen) atoms. The zero-order valence-electron chi connectivity index (χ0n) is 8.77. The van der Waals surface area contributed by atoms with Gasteiger partial charge in [-0.15, -0.1) is 0 Å². The molecule has 1 aromatic rings. The van der Waals surface area contributed by atoms with Crippen LogP contribution >= 0.6 is 15.9 Å². The molecule has 3 nitrogen and oxygen atoms in total. The molecule has 1 aliphatic rings. The topological polar surface area (TPSA) is 23.6 Å². The fourth-order valence-electron chi connectivity index (χ4n) is 1.90. The molecule has 1 atom stereocenters. The average Bonchev–Trinajstić information content (AvgIpc) is 2.44. The maximum absolute atomic E-state index is 11.8. The molecule has 0 radical (unpaired) electrons. The summed E-state index contributed by atoms with van der Waals surface area (Å²) in [4.78, 5) is 15.4. The Balaban J connectivity index is 2.31. The van der Waals surface area contributed by atoms with Crippen LogP contribution in [0.4, 0.5) is 10.5 Å². The van der Waals surface area contributed by atoms with Crippen molar-refractivity contribution >= 4 is 27.6 Å². The van der Waals surface area contributed by atoms with E-state index in [0.29, 0.717) is 0 Å². The highest BCUT2D eigenvalue weighted by Crippen LogP contribution is 2.25. The fourth-order valence-corrected chi connectivity index (χ4v) is 2.16. The van der Waals surface area contributed by atoms with Crippen LogP contribution in [0.15, 0.2) is 28.7 Å². The quantitative estimate of drug-likeness (QED) is 0.769. The lowest BCUT2D eigenvalue weighted by Gasteiger charge is -2.20. The first-order chi connectivity index (χ1) is 7.09. The van der Waals surface area contributed by atoms with Crippen molar-refractivity contribution in [2.45, 2.75) is 13.0 Å². The average molecular weight is 269 g/mol. The molecule has 0 saturated carbocycles. The van der Waals surface area contributed by atoms with E-state index in [1.807, 2.05) is 36.2 Å². The molecular formula is C11H13BrN2O. The number of carbonyl (C=O) groups is 1. The van der Waals surface area contributed by atoms with Gasteiger partial charge in [0.2, 0.25) is 0 Å². The van der Waals surface area contributed by atoms with Crippen molar-refractivity contribution in [3.8, 4) is 0 Å². The maximum Gasteiger partial charge on any atom is 0.324 e. The van der Waals surface area contributed by atoms with Gasteiger partial charge in [0, 0.05) is 23.8 Å². The first kappa shape index (κ1) is 10.5. The van der Waals surface area contributed by atoms with Crippen LogP contribution in [0.1, 0.15) is 6.92 Å². The van der Waals surface area contributed by atoms with Gasteiger partial charge in [-0.1, -0.05) is 15.9 Å². The minimum atomic E-state index is 0.0739.